The van der Waals surface area contributed by atoms with Crippen molar-refractivity contribution >= 4 is 21.6 Å². The van der Waals surface area contributed by atoms with Gasteiger partial charge in [-0.15, -0.1) is 0 Å². The van der Waals surface area contributed by atoms with Crippen LogP contribution in [0, 0.1) is 6.92 Å². The molecule has 0 aliphatic heterocycles. The van der Waals surface area contributed by atoms with Crippen LogP contribution in [-0.4, -0.2) is 27.5 Å². The summed E-state index contributed by atoms with van der Waals surface area (Å²) in [6.07, 6.45) is 2.78. The molecular formula is C27H30N2O4S. The van der Waals surface area contributed by atoms with E-state index in [-0.39, 0.29) is 23.4 Å². The standard InChI is InChI=1S/C27H30N2O4S/c1-3-33-26-14-7-6-13-25(26)29(34(31,32)22-17-15-20(2)16-18-22)19-27(30)28-24-12-8-10-21-9-4-5-11-23(21)24/h4-7,9,11,13-18,24H,3,8,10,12,19H2,1-2H3,(H,28,30)/t24-/m1/s1. The highest BCUT2D eigenvalue weighted by molar-refractivity contribution is 7.92. The largest absolute Gasteiger partial charge is 0.492 e. The van der Waals surface area contributed by atoms with E-state index in [1.54, 1.807) is 48.5 Å². The van der Waals surface area contributed by atoms with Gasteiger partial charge >= 0.3 is 0 Å². The van der Waals surface area contributed by atoms with Crippen LogP contribution < -0.4 is 14.4 Å². The fourth-order valence-electron chi connectivity index (χ4n) is 4.35. The van der Waals surface area contributed by atoms with E-state index in [1.165, 1.54) is 5.56 Å². The van der Waals surface area contributed by atoms with E-state index in [1.807, 2.05) is 32.0 Å². The van der Waals surface area contributed by atoms with Gasteiger partial charge < -0.3 is 10.1 Å². The zero-order valence-corrected chi connectivity index (χ0v) is 20.3. The lowest BCUT2D eigenvalue weighted by molar-refractivity contribution is -0.120. The van der Waals surface area contributed by atoms with Crippen LogP contribution in [0.15, 0.2) is 77.7 Å². The van der Waals surface area contributed by atoms with E-state index in [2.05, 4.69) is 11.4 Å². The van der Waals surface area contributed by atoms with Crippen LogP contribution in [0.4, 0.5) is 5.69 Å². The number of carbonyl (C=O) groups is 1. The molecule has 1 aliphatic carbocycles. The first-order chi connectivity index (χ1) is 16.4. The molecule has 3 aromatic carbocycles. The molecule has 0 spiro atoms. The van der Waals surface area contributed by atoms with Crippen molar-refractivity contribution in [1.82, 2.24) is 5.32 Å². The van der Waals surface area contributed by atoms with Crippen molar-refractivity contribution in [1.29, 1.82) is 0 Å². The van der Waals surface area contributed by atoms with Crippen molar-refractivity contribution in [2.45, 2.75) is 44.0 Å². The third kappa shape index (κ3) is 5.09. The van der Waals surface area contributed by atoms with E-state index in [0.29, 0.717) is 18.0 Å². The van der Waals surface area contributed by atoms with Crippen LogP contribution in [0.1, 0.15) is 42.5 Å². The van der Waals surface area contributed by atoms with Crippen LogP contribution in [0.3, 0.4) is 0 Å². The molecule has 0 aromatic heterocycles. The number of ether oxygens (including phenoxy) is 1. The maximum absolute atomic E-state index is 13.7. The topological polar surface area (TPSA) is 75.7 Å². The zero-order valence-electron chi connectivity index (χ0n) is 19.5. The van der Waals surface area contributed by atoms with Gasteiger partial charge in [0.05, 0.1) is 23.2 Å². The summed E-state index contributed by atoms with van der Waals surface area (Å²) < 4.78 is 34.3. The molecular weight excluding hydrogens is 448 g/mol. The summed E-state index contributed by atoms with van der Waals surface area (Å²) in [7, 11) is -4.02. The lowest BCUT2D eigenvalue weighted by Crippen LogP contribution is -2.42. The van der Waals surface area contributed by atoms with Crippen LogP contribution in [-0.2, 0) is 21.2 Å². The van der Waals surface area contributed by atoms with Gasteiger partial charge in [-0.3, -0.25) is 9.10 Å². The first-order valence-corrected chi connectivity index (χ1v) is 13.0. The molecule has 0 unspecified atom stereocenters. The molecule has 34 heavy (non-hydrogen) atoms. The SMILES string of the molecule is CCOc1ccccc1N(CC(=O)N[C@@H]1CCCc2ccccc21)S(=O)(=O)c1ccc(C)cc1. The smallest absolute Gasteiger partial charge is 0.264 e. The minimum absolute atomic E-state index is 0.125. The number of sulfonamides is 1. The highest BCUT2D eigenvalue weighted by Gasteiger charge is 2.30. The normalized spacial score (nSPS) is 15.3. The van der Waals surface area contributed by atoms with Gasteiger partial charge in [0, 0.05) is 0 Å². The highest BCUT2D eigenvalue weighted by atomic mass is 32.2. The quantitative estimate of drug-likeness (QED) is 0.505. The number of rotatable bonds is 8. The number of amides is 1. The number of anilines is 1. The van der Waals surface area contributed by atoms with Crippen molar-refractivity contribution in [2.24, 2.45) is 0 Å². The number of carbonyl (C=O) groups excluding carboxylic acids is 1. The molecule has 1 N–H and O–H groups in total. The second-order valence-electron chi connectivity index (χ2n) is 8.44. The predicted molar refractivity (Wildman–Crippen MR) is 134 cm³/mol. The number of para-hydroxylation sites is 2. The highest BCUT2D eigenvalue weighted by Crippen LogP contribution is 2.33. The second kappa shape index (κ2) is 10.3. The minimum Gasteiger partial charge on any atom is -0.492 e. The number of benzene rings is 3. The molecule has 1 aliphatic rings. The van der Waals surface area contributed by atoms with Crippen LogP contribution in [0.25, 0.3) is 0 Å². The van der Waals surface area contributed by atoms with E-state index in [4.69, 9.17) is 4.74 Å². The van der Waals surface area contributed by atoms with E-state index >= 15 is 0 Å². The molecule has 4 rings (SSSR count). The Bertz CT molecular complexity index is 1260. The molecule has 7 heteroatoms. The molecule has 0 saturated heterocycles. The number of aryl methyl sites for hydroxylation is 2. The molecule has 3 aromatic rings. The van der Waals surface area contributed by atoms with Crippen molar-refractivity contribution in [3.63, 3.8) is 0 Å². The summed E-state index contributed by atoms with van der Waals surface area (Å²) in [4.78, 5) is 13.4. The zero-order chi connectivity index (χ0) is 24.1. The molecule has 178 valence electrons. The van der Waals surface area contributed by atoms with Gasteiger partial charge in [0.1, 0.15) is 12.3 Å². The maximum atomic E-state index is 13.7. The van der Waals surface area contributed by atoms with Crippen LogP contribution in [0.2, 0.25) is 0 Å². The summed E-state index contributed by atoms with van der Waals surface area (Å²) in [6, 6.07) is 21.5. The Balaban J connectivity index is 1.67. The molecule has 6 nitrogen and oxygen atoms in total. The number of nitrogens with one attached hydrogen (secondary N) is 1. The number of nitrogens with zero attached hydrogens (tertiary/aromatic N) is 1. The molecule has 1 atom stereocenters. The van der Waals surface area contributed by atoms with Gasteiger partial charge in [0.15, 0.2) is 0 Å². The Morgan fingerprint density at radius 1 is 1.03 bits per heavy atom. The Kier molecular flexibility index (Phi) is 7.22. The molecule has 0 saturated carbocycles. The van der Waals surface area contributed by atoms with Crippen molar-refractivity contribution in [2.75, 3.05) is 17.5 Å². The maximum Gasteiger partial charge on any atom is 0.264 e. The third-order valence-corrected chi connectivity index (χ3v) is 7.81. The molecule has 0 bridgehead atoms. The summed E-state index contributed by atoms with van der Waals surface area (Å²) >= 11 is 0. The fourth-order valence-corrected chi connectivity index (χ4v) is 5.78. The average molecular weight is 479 g/mol. The van der Waals surface area contributed by atoms with Gasteiger partial charge in [-0.05, 0) is 68.5 Å². The lowest BCUT2D eigenvalue weighted by atomic mass is 9.88. The molecule has 1 amide bonds. The molecule has 0 fully saturated rings. The Morgan fingerprint density at radius 2 is 1.74 bits per heavy atom. The van der Waals surface area contributed by atoms with Gasteiger partial charge in [-0.25, -0.2) is 8.42 Å². The number of hydrogen-bond acceptors (Lipinski definition) is 4. The van der Waals surface area contributed by atoms with Crippen LogP contribution >= 0.6 is 0 Å². The van der Waals surface area contributed by atoms with E-state index in [0.717, 1.165) is 34.7 Å². The van der Waals surface area contributed by atoms with Crippen molar-refractivity contribution < 1.29 is 17.9 Å². The lowest BCUT2D eigenvalue weighted by Gasteiger charge is -2.29. The summed E-state index contributed by atoms with van der Waals surface area (Å²) in [5, 5.41) is 3.07. The van der Waals surface area contributed by atoms with Gasteiger partial charge in [-0.1, -0.05) is 54.1 Å². The molecule has 0 radical (unpaired) electrons. The Morgan fingerprint density at radius 3 is 2.50 bits per heavy atom. The number of hydrogen-bond donors (Lipinski definition) is 1. The van der Waals surface area contributed by atoms with Gasteiger partial charge in [-0.2, -0.15) is 0 Å². The van der Waals surface area contributed by atoms with Crippen molar-refractivity contribution in [3.05, 3.63) is 89.5 Å². The van der Waals surface area contributed by atoms with E-state index in [9.17, 15) is 13.2 Å². The Labute approximate surface area is 201 Å². The van der Waals surface area contributed by atoms with Crippen molar-refractivity contribution in [3.8, 4) is 5.75 Å². The summed E-state index contributed by atoms with van der Waals surface area (Å²) in [6.45, 7) is 3.76. The van der Waals surface area contributed by atoms with Gasteiger partial charge in [0.2, 0.25) is 5.91 Å². The van der Waals surface area contributed by atoms with Crippen LogP contribution in [0.5, 0.6) is 5.75 Å². The number of fused-ring (bicyclic) bond motifs is 1. The third-order valence-electron chi connectivity index (χ3n) is 6.03. The molecule has 0 heterocycles. The minimum atomic E-state index is -4.02. The fraction of sp³-hybridized carbons (Fsp3) is 0.296. The Hall–Kier alpha value is -3.32. The van der Waals surface area contributed by atoms with E-state index < -0.39 is 10.0 Å². The summed E-state index contributed by atoms with van der Waals surface area (Å²) in [5.74, 6) is 0.0557. The second-order valence-corrected chi connectivity index (χ2v) is 10.3. The predicted octanol–water partition coefficient (Wildman–Crippen LogP) is 4.78. The average Bonchev–Trinajstić information content (AvgIpc) is 2.84. The first-order valence-electron chi connectivity index (χ1n) is 11.6. The monoisotopic (exact) mass is 478 g/mol. The summed E-state index contributed by atoms with van der Waals surface area (Å²) in [5.41, 5.74) is 3.62. The van der Waals surface area contributed by atoms with Gasteiger partial charge in [0.25, 0.3) is 10.0 Å². The first kappa shape index (κ1) is 23.8.